The molecule has 2 aliphatic rings. The van der Waals surface area contributed by atoms with Gasteiger partial charge in [0.05, 0.1) is 20.3 Å². The lowest BCUT2D eigenvalue weighted by Gasteiger charge is -2.40. The van der Waals surface area contributed by atoms with Crippen molar-refractivity contribution in [1.82, 2.24) is 9.47 Å². The Morgan fingerprint density at radius 2 is 2.04 bits per heavy atom. The van der Waals surface area contributed by atoms with Crippen LogP contribution in [0.4, 0.5) is 0 Å². The fourth-order valence-electron chi connectivity index (χ4n) is 3.50. The maximum absolute atomic E-state index is 13.1. The van der Waals surface area contributed by atoms with Crippen molar-refractivity contribution < 1.29 is 23.8 Å². The summed E-state index contributed by atoms with van der Waals surface area (Å²) in [5, 5.41) is 0. The minimum absolute atomic E-state index is 0.0981. The monoisotopic (exact) mass is 384 g/mol. The molecule has 1 fully saturated rings. The number of ether oxygens (including phenoxy) is 3. The van der Waals surface area contributed by atoms with Crippen molar-refractivity contribution in [2.24, 2.45) is 0 Å². The molecule has 1 aromatic carbocycles. The summed E-state index contributed by atoms with van der Waals surface area (Å²) in [6, 6.07) is 9.28. The van der Waals surface area contributed by atoms with E-state index in [1.54, 1.807) is 9.47 Å². The molecule has 0 bridgehead atoms. The number of aromatic nitrogens is 1. The number of rotatable bonds is 4. The molecule has 1 saturated heterocycles. The second kappa shape index (κ2) is 7.47. The standard InChI is InChI=1S/C20H20N2O6/c1-26-20(25)14-10-21-11-15-22(8-5-9-27-15)19(24)16(21)18(17(14)23)28-12-13-6-3-2-4-7-13/h2-4,6-7,10,15H,5,8-9,11-12H2,1H3/t15-/m0/s1. The van der Waals surface area contributed by atoms with Gasteiger partial charge in [-0.3, -0.25) is 9.59 Å². The molecule has 0 unspecified atom stereocenters. The molecule has 1 aromatic heterocycles. The summed E-state index contributed by atoms with van der Waals surface area (Å²) in [6.45, 7) is 1.52. The van der Waals surface area contributed by atoms with E-state index in [1.807, 2.05) is 30.3 Å². The van der Waals surface area contributed by atoms with E-state index >= 15 is 0 Å². The van der Waals surface area contributed by atoms with Crippen LogP contribution in [0.15, 0.2) is 41.3 Å². The van der Waals surface area contributed by atoms with Crippen LogP contribution in [0, 0.1) is 0 Å². The number of methoxy groups -OCH3 is 1. The fraction of sp³-hybridized carbons (Fsp3) is 0.350. The third kappa shape index (κ3) is 3.16. The number of nitrogens with zero attached hydrogens (tertiary/aromatic N) is 2. The predicted octanol–water partition coefficient (Wildman–Crippen LogP) is 1.42. The first-order valence-electron chi connectivity index (χ1n) is 9.05. The van der Waals surface area contributed by atoms with Gasteiger partial charge in [0, 0.05) is 12.7 Å². The van der Waals surface area contributed by atoms with Crippen LogP contribution in [0.1, 0.15) is 32.8 Å². The zero-order valence-corrected chi connectivity index (χ0v) is 15.4. The van der Waals surface area contributed by atoms with E-state index in [0.29, 0.717) is 19.7 Å². The summed E-state index contributed by atoms with van der Waals surface area (Å²) in [6.07, 6.45) is 1.66. The molecule has 1 amide bonds. The molecular formula is C20H20N2O6. The highest BCUT2D eigenvalue weighted by Gasteiger charge is 2.38. The van der Waals surface area contributed by atoms with Crippen molar-refractivity contribution in [3.63, 3.8) is 0 Å². The van der Waals surface area contributed by atoms with Crippen LogP contribution in [0.2, 0.25) is 0 Å². The first-order valence-corrected chi connectivity index (χ1v) is 9.05. The quantitative estimate of drug-likeness (QED) is 0.741. The van der Waals surface area contributed by atoms with Gasteiger partial charge in [-0.15, -0.1) is 0 Å². The van der Waals surface area contributed by atoms with Crippen LogP contribution in [-0.4, -0.2) is 47.8 Å². The number of carbonyl (C=O) groups excluding carboxylic acids is 2. The number of pyridine rings is 1. The Bertz CT molecular complexity index is 969. The smallest absolute Gasteiger partial charge is 0.343 e. The minimum atomic E-state index is -0.774. The molecule has 3 heterocycles. The molecule has 0 spiro atoms. The Morgan fingerprint density at radius 3 is 2.79 bits per heavy atom. The maximum atomic E-state index is 13.1. The minimum Gasteiger partial charge on any atom is -0.483 e. The van der Waals surface area contributed by atoms with Gasteiger partial charge in [0.2, 0.25) is 5.43 Å². The highest BCUT2D eigenvalue weighted by atomic mass is 16.5. The number of carbonyl (C=O) groups is 2. The number of amides is 1. The molecule has 146 valence electrons. The summed E-state index contributed by atoms with van der Waals surface area (Å²) in [5.74, 6) is -1.25. The fourth-order valence-corrected chi connectivity index (χ4v) is 3.50. The van der Waals surface area contributed by atoms with Crippen molar-refractivity contribution in [2.75, 3.05) is 20.3 Å². The second-order valence-electron chi connectivity index (χ2n) is 6.65. The van der Waals surface area contributed by atoms with Crippen molar-refractivity contribution in [3.8, 4) is 5.75 Å². The highest BCUT2D eigenvalue weighted by molar-refractivity contribution is 5.98. The number of benzene rings is 1. The Labute approximate surface area is 161 Å². The zero-order valence-electron chi connectivity index (χ0n) is 15.4. The molecule has 0 aliphatic carbocycles. The molecule has 4 rings (SSSR count). The zero-order chi connectivity index (χ0) is 19.7. The predicted molar refractivity (Wildman–Crippen MR) is 98.2 cm³/mol. The van der Waals surface area contributed by atoms with Gasteiger partial charge < -0.3 is 23.7 Å². The molecule has 2 aliphatic heterocycles. The normalized spacial score (nSPS) is 18.2. The van der Waals surface area contributed by atoms with Crippen molar-refractivity contribution in [3.05, 3.63) is 63.6 Å². The highest BCUT2D eigenvalue weighted by Crippen LogP contribution is 2.27. The molecule has 8 heteroatoms. The van der Waals surface area contributed by atoms with E-state index < -0.39 is 17.6 Å². The van der Waals surface area contributed by atoms with Gasteiger partial charge in [-0.25, -0.2) is 4.79 Å². The van der Waals surface area contributed by atoms with E-state index in [2.05, 4.69) is 0 Å². The second-order valence-corrected chi connectivity index (χ2v) is 6.65. The molecule has 1 atom stereocenters. The van der Waals surface area contributed by atoms with E-state index in [0.717, 1.165) is 12.0 Å². The first kappa shape index (κ1) is 18.2. The van der Waals surface area contributed by atoms with Gasteiger partial charge >= 0.3 is 5.97 Å². The lowest BCUT2D eigenvalue weighted by molar-refractivity contribution is -0.0920. The average Bonchev–Trinajstić information content (AvgIpc) is 2.73. The van der Waals surface area contributed by atoms with Gasteiger partial charge in [0.15, 0.2) is 17.7 Å². The lowest BCUT2D eigenvalue weighted by Crippen LogP contribution is -2.53. The van der Waals surface area contributed by atoms with Gasteiger partial charge in [-0.05, 0) is 12.0 Å². The summed E-state index contributed by atoms with van der Waals surface area (Å²) >= 11 is 0. The number of hydrogen-bond acceptors (Lipinski definition) is 6. The largest absolute Gasteiger partial charge is 0.483 e. The van der Waals surface area contributed by atoms with Crippen LogP contribution in [0.3, 0.4) is 0 Å². The van der Waals surface area contributed by atoms with Crippen LogP contribution >= 0.6 is 0 Å². The Hall–Kier alpha value is -3.13. The van der Waals surface area contributed by atoms with Gasteiger partial charge in [-0.2, -0.15) is 0 Å². The number of esters is 1. The number of fused-ring (bicyclic) bond motifs is 2. The summed E-state index contributed by atoms with van der Waals surface area (Å²) in [5.41, 5.74) is 0.145. The topological polar surface area (TPSA) is 87.1 Å². The van der Waals surface area contributed by atoms with Crippen molar-refractivity contribution >= 4 is 11.9 Å². The molecule has 0 radical (unpaired) electrons. The van der Waals surface area contributed by atoms with Crippen molar-refractivity contribution in [2.45, 2.75) is 25.8 Å². The molecule has 28 heavy (non-hydrogen) atoms. The van der Waals surface area contributed by atoms with Crippen LogP contribution in [0.25, 0.3) is 0 Å². The maximum Gasteiger partial charge on any atom is 0.343 e. The molecule has 8 nitrogen and oxygen atoms in total. The van der Waals surface area contributed by atoms with Gasteiger partial charge in [-0.1, -0.05) is 30.3 Å². The molecule has 0 N–H and O–H groups in total. The Balaban J connectivity index is 1.79. The molecule has 0 saturated carbocycles. The van der Waals surface area contributed by atoms with Gasteiger partial charge in [0.25, 0.3) is 5.91 Å². The lowest BCUT2D eigenvalue weighted by atomic mass is 10.1. The SMILES string of the molecule is COC(=O)c1cn2c(c(OCc3ccccc3)c1=O)C(=O)N1CCCO[C@H]1C2. The number of hydrogen-bond donors (Lipinski definition) is 0. The molecular weight excluding hydrogens is 364 g/mol. The van der Waals surface area contributed by atoms with Crippen LogP contribution < -0.4 is 10.2 Å². The van der Waals surface area contributed by atoms with E-state index in [9.17, 15) is 14.4 Å². The molecule has 2 aromatic rings. The Morgan fingerprint density at radius 1 is 1.25 bits per heavy atom. The van der Waals surface area contributed by atoms with Crippen molar-refractivity contribution in [1.29, 1.82) is 0 Å². The summed E-state index contributed by atoms with van der Waals surface area (Å²) in [7, 11) is 1.20. The van der Waals surface area contributed by atoms with E-state index in [1.165, 1.54) is 13.3 Å². The van der Waals surface area contributed by atoms with Crippen LogP contribution in [0.5, 0.6) is 5.75 Å². The first-order chi connectivity index (χ1) is 13.6. The van der Waals surface area contributed by atoms with E-state index in [4.69, 9.17) is 14.2 Å². The third-order valence-electron chi connectivity index (χ3n) is 4.89. The van der Waals surface area contributed by atoms with Crippen LogP contribution in [-0.2, 0) is 22.6 Å². The third-order valence-corrected chi connectivity index (χ3v) is 4.89. The summed E-state index contributed by atoms with van der Waals surface area (Å²) in [4.78, 5) is 39.7. The average molecular weight is 384 g/mol. The Kier molecular flexibility index (Phi) is 4.87. The van der Waals surface area contributed by atoms with Gasteiger partial charge in [0.1, 0.15) is 12.2 Å². The van der Waals surface area contributed by atoms with E-state index in [-0.39, 0.29) is 29.5 Å². The summed E-state index contributed by atoms with van der Waals surface area (Å²) < 4.78 is 17.7.